The average molecular weight is 1000 g/mol. The van der Waals surface area contributed by atoms with E-state index in [1.54, 1.807) is 64.8 Å². The zero-order valence-corrected chi connectivity index (χ0v) is 41.1. The maximum atomic E-state index is 13.8. The summed E-state index contributed by atoms with van der Waals surface area (Å²) in [4.78, 5) is 48.5. The van der Waals surface area contributed by atoms with Crippen molar-refractivity contribution in [3.63, 3.8) is 0 Å². The Hall–Kier alpha value is -8.22. The lowest BCUT2D eigenvalue weighted by molar-refractivity contribution is -0.150. The van der Waals surface area contributed by atoms with Gasteiger partial charge in [-0.3, -0.25) is 9.59 Å². The highest BCUT2D eigenvalue weighted by Gasteiger charge is 2.43. The summed E-state index contributed by atoms with van der Waals surface area (Å²) in [6.07, 6.45) is 3.24. The highest BCUT2D eigenvalue weighted by Crippen LogP contribution is 2.41. The number of hydrogen-bond donors (Lipinski definition) is 4. The molecule has 0 spiro atoms. The number of fused-ring (bicyclic) bond motifs is 2. The lowest BCUT2D eigenvalue weighted by atomic mass is 9.73. The molecule has 0 saturated carbocycles. The van der Waals surface area contributed by atoms with Crippen molar-refractivity contribution in [2.75, 3.05) is 75.9 Å². The van der Waals surface area contributed by atoms with Gasteiger partial charge < -0.3 is 55.4 Å². The van der Waals surface area contributed by atoms with Gasteiger partial charge in [-0.2, -0.15) is 18.7 Å². The minimum Gasteiger partial charge on any atom is -0.493 e. The van der Waals surface area contributed by atoms with Crippen LogP contribution in [0.3, 0.4) is 0 Å². The lowest BCUT2D eigenvalue weighted by Gasteiger charge is -2.41. The maximum absolute atomic E-state index is 13.8. The van der Waals surface area contributed by atoms with Gasteiger partial charge in [-0.05, 0) is 79.5 Å². The number of alkyl halides is 2. The van der Waals surface area contributed by atoms with Gasteiger partial charge >= 0.3 is 12.6 Å². The predicted molar refractivity (Wildman–Crippen MR) is 275 cm³/mol. The third kappa shape index (κ3) is 11.6. The Labute approximate surface area is 421 Å². The number of ether oxygens (including phenoxy) is 5. The van der Waals surface area contributed by atoms with Crippen molar-refractivity contribution in [3.8, 4) is 28.7 Å². The van der Waals surface area contributed by atoms with Gasteiger partial charge in [0, 0.05) is 55.6 Å². The van der Waals surface area contributed by atoms with Gasteiger partial charge in [0.1, 0.15) is 17.4 Å². The van der Waals surface area contributed by atoms with Crippen molar-refractivity contribution in [2.24, 2.45) is 10.8 Å². The van der Waals surface area contributed by atoms with E-state index in [0.29, 0.717) is 133 Å². The number of methoxy groups -OCH3 is 4. The normalized spacial score (nSPS) is 15.0. The molecule has 2 aliphatic rings. The third-order valence-electron chi connectivity index (χ3n) is 13.8. The topological polar surface area (TPSA) is 223 Å². The van der Waals surface area contributed by atoms with E-state index in [4.69, 9.17) is 35.4 Å². The fourth-order valence-corrected chi connectivity index (χ4v) is 9.57. The molecule has 0 unspecified atom stereocenters. The summed E-state index contributed by atoms with van der Waals surface area (Å²) in [6, 6.07) is 33.0. The number of nitrogens with one attached hydrogen (secondary N) is 1. The minimum absolute atomic E-state index is 0.0605. The van der Waals surface area contributed by atoms with Crippen LogP contribution in [0.1, 0.15) is 42.4 Å². The molecule has 4 heterocycles. The summed E-state index contributed by atoms with van der Waals surface area (Å²) in [5, 5.41) is 14.4. The zero-order chi connectivity index (χ0) is 51.7. The van der Waals surface area contributed by atoms with Crippen molar-refractivity contribution in [3.05, 3.63) is 126 Å². The number of nitrogens with zero attached hydrogens (tertiary/aromatic N) is 6. The van der Waals surface area contributed by atoms with Crippen molar-refractivity contribution in [1.82, 2.24) is 25.3 Å². The highest BCUT2D eigenvalue weighted by molar-refractivity contribution is 5.93. The minimum atomic E-state index is -2.89. The van der Waals surface area contributed by atoms with Gasteiger partial charge in [-0.1, -0.05) is 72.8 Å². The van der Waals surface area contributed by atoms with E-state index < -0.39 is 23.4 Å². The molecule has 17 nitrogen and oxygen atoms in total. The molecule has 1 amide bonds. The molecule has 5 aromatic carbocycles. The first-order valence-electron chi connectivity index (χ1n) is 23.8. The number of anilines is 4. The van der Waals surface area contributed by atoms with Gasteiger partial charge in [-0.15, -0.1) is 0 Å². The summed E-state index contributed by atoms with van der Waals surface area (Å²) in [7, 11) is 6.25. The molecule has 382 valence electrons. The summed E-state index contributed by atoms with van der Waals surface area (Å²) in [5.74, 6) is 3.13. The third-order valence-corrected chi connectivity index (χ3v) is 13.8. The summed E-state index contributed by atoms with van der Waals surface area (Å²) in [5.41, 5.74) is 15.3. The number of aliphatic carboxylic acids is 1. The Balaban J connectivity index is 0.000000204. The van der Waals surface area contributed by atoms with Gasteiger partial charge in [0.05, 0.1) is 50.3 Å². The zero-order valence-electron chi connectivity index (χ0n) is 41.1. The number of halogens is 2. The van der Waals surface area contributed by atoms with Crippen LogP contribution in [-0.4, -0.2) is 98.1 Å². The van der Waals surface area contributed by atoms with Crippen LogP contribution in [-0.2, 0) is 29.0 Å². The largest absolute Gasteiger partial charge is 0.493 e. The molecule has 6 N–H and O–H groups in total. The Morgan fingerprint density at radius 1 is 0.603 bits per heavy atom. The first-order chi connectivity index (χ1) is 35.2. The molecule has 7 aromatic rings. The molecule has 2 saturated heterocycles. The second-order valence-electron chi connectivity index (χ2n) is 18.1. The quantitative estimate of drug-likeness (QED) is 0.0718. The van der Waals surface area contributed by atoms with Crippen molar-refractivity contribution in [2.45, 2.75) is 51.7 Å². The van der Waals surface area contributed by atoms with Crippen LogP contribution in [0, 0.1) is 10.8 Å². The number of nitrogens with two attached hydrogens (primary N) is 2. The van der Waals surface area contributed by atoms with Crippen LogP contribution in [0.25, 0.3) is 21.8 Å². The van der Waals surface area contributed by atoms with Gasteiger partial charge in [0.25, 0.3) is 0 Å². The molecule has 0 bridgehead atoms. The number of rotatable bonds is 16. The Morgan fingerprint density at radius 3 is 1.42 bits per heavy atom. The van der Waals surface area contributed by atoms with E-state index in [-0.39, 0.29) is 18.2 Å². The number of carboxylic acids is 1. The summed E-state index contributed by atoms with van der Waals surface area (Å²) in [6.45, 7) is -0.434. The molecular formula is C54H59F2N9O8. The number of carboxylic acid groups (broad SMARTS) is 1. The van der Waals surface area contributed by atoms with Crippen LogP contribution >= 0.6 is 0 Å². The number of nitrogen functional groups attached to an aromatic ring is 2. The van der Waals surface area contributed by atoms with E-state index in [1.165, 1.54) is 12.1 Å². The molecule has 2 aromatic heterocycles. The van der Waals surface area contributed by atoms with Gasteiger partial charge in [-0.25, -0.2) is 9.97 Å². The molecule has 0 radical (unpaired) electrons. The van der Waals surface area contributed by atoms with E-state index in [2.05, 4.69) is 25.0 Å². The number of amides is 1. The van der Waals surface area contributed by atoms with Crippen LogP contribution in [0.15, 0.2) is 109 Å². The monoisotopic (exact) mass is 999 g/mol. The SMILES string of the molecule is COc1cc2nc(N3CCC(Cc4ccccc4)(C(=O)NCc4ccc(OC(F)F)cc4)CC3)nc(N)c2cc1OC.COc1cc2nc(N3CCC(Cc4ccccc4)(C(=O)O)CC3)nc(N)c2cc1OC. The van der Waals surface area contributed by atoms with E-state index in [1.807, 2.05) is 70.5 Å². The number of benzene rings is 5. The number of aromatic nitrogens is 4. The van der Waals surface area contributed by atoms with Crippen molar-refractivity contribution < 1.29 is 47.2 Å². The van der Waals surface area contributed by atoms with Crippen molar-refractivity contribution in [1.29, 1.82) is 0 Å². The predicted octanol–water partition coefficient (Wildman–Crippen LogP) is 8.12. The van der Waals surface area contributed by atoms with Gasteiger partial charge in [0.2, 0.25) is 17.8 Å². The van der Waals surface area contributed by atoms with E-state index in [0.717, 1.165) is 16.7 Å². The Kier molecular flexibility index (Phi) is 15.7. The van der Waals surface area contributed by atoms with Crippen molar-refractivity contribution >= 4 is 57.2 Å². The molecule has 2 aliphatic heterocycles. The second kappa shape index (κ2) is 22.5. The smallest absolute Gasteiger partial charge is 0.387 e. The molecule has 9 rings (SSSR count). The Bertz CT molecular complexity index is 3030. The number of carbonyl (C=O) groups is 2. The highest BCUT2D eigenvalue weighted by atomic mass is 19.3. The standard InChI is InChI=1S/C31H33F2N5O4.C23H26N4O4/c1-40-25-16-23-24(17-26(25)41-2)36-30(37-27(23)34)38-14-12-31(13-15-38,18-20-6-4-3-5-7-20)28(39)35-19-21-8-10-22(11-9-21)42-29(32)33;1-30-18-12-16-17(13-19(18)31-2)25-22(26-20(16)24)27-10-8-23(9-11-27,21(28)29)14-15-6-4-3-5-7-15/h3-11,16-17,29H,12-15,18-19H2,1-2H3,(H,35,39)(H2,34,36,37);3-7,12-13H,8-11,14H2,1-2H3,(H,28,29)(H2,24,25,26). The molecule has 2 fully saturated rings. The van der Waals surface area contributed by atoms with E-state index >= 15 is 0 Å². The summed E-state index contributed by atoms with van der Waals surface area (Å²) < 4.78 is 50.9. The molecule has 0 aliphatic carbocycles. The van der Waals surface area contributed by atoms with Gasteiger partial charge in [0.15, 0.2) is 23.0 Å². The van der Waals surface area contributed by atoms with Crippen LogP contribution in [0.4, 0.5) is 32.3 Å². The second-order valence-corrected chi connectivity index (χ2v) is 18.1. The van der Waals surface area contributed by atoms with Crippen LogP contribution in [0.5, 0.6) is 28.7 Å². The average Bonchev–Trinajstić information content (AvgIpc) is 3.40. The Morgan fingerprint density at radius 2 is 1.01 bits per heavy atom. The first kappa shape index (κ1) is 51.1. The number of carbonyl (C=O) groups excluding carboxylic acids is 1. The summed E-state index contributed by atoms with van der Waals surface area (Å²) >= 11 is 0. The number of hydrogen-bond acceptors (Lipinski definition) is 15. The molecular weight excluding hydrogens is 941 g/mol. The fourth-order valence-electron chi connectivity index (χ4n) is 9.57. The maximum Gasteiger partial charge on any atom is 0.387 e. The van der Waals surface area contributed by atoms with E-state index in [9.17, 15) is 23.5 Å². The molecule has 19 heteroatoms. The lowest BCUT2D eigenvalue weighted by Crippen LogP contribution is -2.50. The first-order valence-corrected chi connectivity index (χ1v) is 23.8. The van der Waals surface area contributed by atoms with Crippen LogP contribution in [0.2, 0.25) is 0 Å². The van der Waals surface area contributed by atoms with Crippen LogP contribution < -0.4 is 50.3 Å². The number of piperidine rings is 2. The molecule has 73 heavy (non-hydrogen) atoms. The molecule has 0 atom stereocenters. The fraction of sp³-hybridized carbons (Fsp3) is 0.333.